The normalized spacial score (nSPS) is 12.3. The van der Waals surface area contributed by atoms with Gasteiger partial charge in [-0.2, -0.15) is 14.0 Å². The van der Waals surface area contributed by atoms with Crippen molar-refractivity contribution in [3.63, 3.8) is 0 Å². The molecule has 0 aliphatic carbocycles. The molecule has 0 aromatic heterocycles. The Labute approximate surface area is 173 Å². The van der Waals surface area contributed by atoms with Crippen LogP contribution in [0.4, 0.5) is 8.78 Å². The lowest BCUT2D eigenvalue weighted by Crippen LogP contribution is -2.30. The first kappa shape index (κ1) is 21.4. The summed E-state index contributed by atoms with van der Waals surface area (Å²) in [4.78, 5) is 0. The third kappa shape index (κ3) is 5.86. The average molecular weight is 428 g/mol. The van der Waals surface area contributed by atoms with Gasteiger partial charge >= 0.3 is 6.61 Å². The summed E-state index contributed by atoms with van der Waals surface area (Å²) in [5.41, 5.74) is 2.25. The Kier molecular flexibility index (Phi) is 6.77. The van der Waals surface area contributed by atoms with Gasteiger partial charge in [-0.1, -0.05) is 54.6 Å². The highest BCUT2D eigenvalue weighted by Gasteiger charge is 2.22. The van der Waals surface area contributed by atoms with Crippen LogP contribution < -0.4 is 9.46 Å². The van der Waals surface area contributed by atoms with Crippen molar-refractivity contribution in [1.82, 2.24) is 4.72 Å². The van der Waals surface area contributed by atoms with Crippen LogP contribution in [0.2, 0.25) is 0 Å². The number of sulfonamides is 1. The van der Waals surface area contributed by atoms with Gasteiger partial charge in [0.1, 0.15) is 5.75 Å². The SMILES string of the molecule is N#Cc1ccc(CS(=O)(=O)NC(c2ccccc2)c2ccc(OC(F)F)cc2)cc1. The van der Waals surface area contributed by atoms with Gasteiger partial charge in [0.15, 0.2) is 0 Å². The molecule has 0 heterocycles. The van der Waals surface area contributed by atoms with E-state index in [9.17, 15) is 17.2 Å². The van der Waals surface area contributed by atoms with Crippen molar-refractivity contribution in [3.8, 4) is 11.8 Å². The number of halogens is 2. The number of hydrogen-bond donors (Lipinski definition) is 1. The first-order chi connectivity index (χ1) is 14.4. The molecule has 8 heteroatoms. The standard InChI is InChI=1S/C22H18F2N2O3S/c23-22(24)29-20-12-10-19(11-13-20)21(18-4-2-1-3-5-18)26-30(27,28)15-17-8-6-16(14-25)7-9-17/h1-13,21-22,26H,15H2. The Morgan fingerprint density at radius 1 is 0.900 bits per heavy atom. The summed E-state index contributed by atoms with van der Waals surface area (Å²) in [6.07, 6.45) is 0. The average Bonchev–Trinajstić information content (AvgIpc) is 2.73. The van der Waals surface area contributed by atoms with Crippen LogP contribution in [0, 0.1) is 11.3 Å². The molecular weight excluding hydrogens is 410 g/mol. The maximum absolute atomic E-state index is 12.8. The molecule has 30 heavy (non-hydrogen) atoms. The van der Waals surface area contributed by atoms with Crippen molar-refractivity contribution in [3.05, 3.63) is 101 Å². The van der Waals surface area contributed by atoms with E-state index in [1.165, 1.54) is 12.1 Å². The molecule has 3 aromatic rings. The number of benzene rings is 3. The Morgan fingerprint density at radius 2 is 1.50 bits per heavy atom. The molecule has 1 N–H and O–H groups in total. The van der Waals surface area contributed by atoms with Crippen molar-refractivity contribution in [2.24, 2.45) is 0 Å². The van der Waals surface area contributed by atoms with Gasteiger partial charge in [-0.3, -0.25) is 0 Å². The molecule has 154 valence electrons. The molecule has 0 radical (unpaired) electrons. The van der Waals surface area contributed by atoms with Gasteiger partial charge in [-0.25, -0.2) is 13.1 Å². The molecule has 0 saturated heterocycles. The zero-order valence-electron chi connectivity index (χ0n) is 15.7. The summed E-state index contributed by atoms with van der Waals surface area (Å²) in [6, 6.07) is 22.3. The van der Waals surface area contributed by atoms with Gasteiger partial charge in [0, 0.05) is 0 Å². The van der Waals surface area contributed by atoms with Crippen LogP contribution in [-0.4, -0.2) is 15.0 Å². The number of alkyl halides is 2. The lowest BCUT2D eigenvalue weighted by molar-refractivity contribution is -0.0498. The molecule has 1 unspecified atom stereocenters. The van der Waals surface area contributed by atoms with Crippen LogP contribution in [0.5, 0.6) is 5.75 Å². The van der Waals surface area contributed by atoms with Crippen LogP contribution in [0.1, 0.15) is 28.3 Å². The molecule has 0 aliphatic heterocycles. The zero-order valence-corrected chi connectivity index (χ0v) is 16.5. The molecule has 1 atom stereocenters. The van der Waals surface area contributed by atoms with Crippen molar-refractivity contribution in [2.75, 3.05) is 0 Å². The van der Waals surface area contributed by atoms with Gasteiger partial charge in [-0.05, 0) is 41.0 Å². The molecule has 0 amide bonds. The van der Waals surface area contributed by atoms with Gasteiger partial charge in [-0.15, -0.1) is 0 Å². The van der Waals surface area contributed by atoms with Crippen molar-refractivity contribution >= 4 is 10.0 Å². The Bertz CT molecular complexity index is 1110. The molecule has 5 nitrogen and oxygen atoms in total. The van der Waals surface area contributed by atoms with Crippen LogP contribution >= 0.6 is 0 Å². The second kappa shape index (κ2) is 9.48. The highest BCUT2D eigenvalue weighted by Crippen LogP contribution is 2.26. The van der Waals surface area contributed by atoms with Crippen molar-refractivity contribution < 1.29 is 21.9 Å². The van der Waals surface area contributed by atoms with Gasteiger partial charge in [0.05, 0.1) is 23.4 Å². The molecule has 0 aliphatic rings. The predicted octanol–water partition coefficient (Wildman–Crippen LogP) is 4.37. The summed E-state index contributed by atoms with van der Waals surface area (Å²) in [5, 5.41) is 8.87. The van der Waals surface area contributed by atoms with Crippen molar-refractivity contribution in [2.45, 2.75) is 18.4 Å². The van der Waals surface area contributed by atoms with Gasteiger partial charge < -0.3 is 4.74 Å². The van der Waals surface area contributed by atoms with E-state index in [1.54, 1.807) is 60.7 Å². The molecular formula is C22H18F2N2O3S. The number of rotatable bonds is 8. The van der Waals surface area contributed by atoms with E-state index < -0.39 is 22.7 Å². The number of hydrogen-bond acceptors (Lipinski definition) is 4. The highest BCUT2D eigenvalue weighted by atomic mass is 32.2. The molecule has 0 spiro atoms. The van der Waals surface area contributed by atoms with E-state index in [1.807, 2.05) is 12.1 Å². The molecule has 0 fully saturated rings. The maximum atomic E-state index is 12.8. The predicted molar refractivity (Wildman–Crippen MR) is 108 cm³/mol. The number of nitrogens with one attached hydrogen (secondary N) is 1. The fourth-order valence-corrected chi connectivity index (χ4v) is 4.28. The van der Waals surface area contributed by atoms with Crippen LogP contribution in [0.15, 0.2) is 78.9 Å². The van der Waals surface area contributed by atoms with Crippen LogP contribution in [-0.2, 0) is 15.8 Å². The summed E-state index contributed by atoms with van der Waals surface area (Å²) in [5.74, 6) is -0.282. The monoisotopic (exact) mass is 428 g/mol. The van der Waals surface area contributed by atoms with Gasteiger partial charge in [0.25, 0.3) is 0 Å². The first-order valence-corrected chi connectivity index (χ1v) is 10.6. The van der Waals surface area contributed by atoms with E-state index in [4.69, 9.17) is 5.26 Å². The molecule has 3 rings (SSSR count). The summed E-state index contributed by atoms with van der Waals surface area (Å²) < 4.78 is 57.5. The van der Waals surface area contributed by atoms with E-state index in [0.717, 1.165) is 0 Å². The minimum absolute atomic E-state index is 0.0130. The lowest BCUT2D eigenvalue weighted by Gasteiger charge is -2.20. The Morgan fingerprint density at radius 3 is 2.07 bits per heavy atom. The minimum atomic E-state index is -3.76. The molecule has 0 bridgehead atoms. The van der Waals surface area contributed by atoms with Crippen molar-refractivity contribution in [1.29, 1.82) is 5.26 Å². The van der Waals surface area contributed by atoms with Crippen LogP contribution in [0.3, 0.4) is 0 Å². The third-order valence-electron chi connectivity index (χ3n) is 4.31. The fraction of sp³-hybridized carbons (Fsp3) is 0.136. The zero-order chi connectivity index (χ0) is 21.6. The minimum Gasteiger partial charge on any atom is -0.435 e. The number of ether oxygens (including phenoxy) is 1. The van der Waals surface area contributed by atoms with E-state index in [0.29, 0.717) is 22.3 Å². The summed E-state index contributed by atoms with van der Waals surface area (Å²) in [7, 11) is -3.76. The molecule has 0 saturated carbocycles. The maximum Gasteiger partial charge on any atom is 0.387 e. The Hall–Kier alpha value is -3.28. The second-order valence-electron chi connectivity index (χ2n) is 6.48. The van der Waals surface area contributed by atoms with Gasteiger partial charge in [0.2, 0.25) is 10.0 Å². The second-order valence-corrected chi connectivity index (χ2v) is 8.23. The number of nitrogens with zero attached hydrogens (tertiary/aromatic N) is 1. The number of nitriles is 1. The topological polar surface area (TPSA) is 79.2 Å². The Balaban J connectivity index is 1.86. The van der Waals surface area contributed by atoms with E-state index >= 15 is 0 Å². The highest BCUT2D eigenvalue weighted by molar-refractivity contribution is 7.88. The van der Waals surface area contributed by atoms with E-state index in [-0.39, 0.29) is 11.5 Å². The quantitative estimate of drug-likeness (QED) is 0.578. The first-order valence-electron chi connectivity index (χ1n) is 8.95. The largest absolute Gasteiger partial charge is 0.435 e. The lowest BCUT2D eigenvalue weighted by atomic mass is 10.00. The summed E-state index contributed by atoms with van der Waals surface area (Å²) in [6.45, 7) is -2.94. The smallest absolute Gasteiger partial charge is 0.387 e. The molecule has 3 aromatic carbocycles. The fourth-order valence-electron chi connectivity index (χ4n) is 2.93. The van der Waals surface area contributed by atoms with Crippen LogP contribution in [0.25, 0.3) is 0 Å². The summed E-state index contributed by atoms with van der Waals surface area (Å²) >= 11 is 0. The van der Waals surface area contributed by atoms with E-state index in [2.05, 4.69) is 9.46 Å². The third-order valence-corrected chi connectivity index (χ3v) is 5.62.